The SMILES string of the molecule is CCCOc1ccc(C(=O)C(CC(C(=O)c2ccc(OCCC)cc2)N2CCCCCC2)N2CCCCCC2)cc1. The van der Waals surface area contributed by atoms with Crippen LogP contribution in [-0.2, 0) is 0 Å². The van der Waals surface area contributed by atoms with Gasteiger partial charge in [0.15, 0.2) is 11.6 Å². The summed E-state index contributed by atoms with van der Waals surface area (Å²) in [5, 5.41) is 0. The van der Waals surface area contributed by atoms with Gasteiger partial charge in [-0.2, -0.15) is 0 Å². The lowest BCUT2D eigenvalue weighted by Gasteiger charge is -2.36. The van der Waals surface area contributed by atoms with Crippen LogP contribution in [0.3, 0.4) is 0 Å². The van der Waals surface area contributed by atoms with Gasteiger partial charge in [0.1, 0.15) is 11.5 Å². The van der Waals surface area contributed by atoms with Gasteiger partial charge < -0.3 is 9.47 Å². The summed E-state index contributed by atoms with van der Waals surface area (Å²) >= 11 is 0. The maximum absolute atomic E-state index is 14.2. The molecule has 2 fully saturated rings. The zero-order chi connectivity index (χ0) is 28.9. The first-order valence-electron chi connectivity index (χ1n) is 16.1. The third-order valence-electron chi connectivity index (χ3n) is 8.44. The van der Waals surface area contributed by atoms with E-state index in [1.54, 1.807) is 0 Å². The van der Waals surface area contributed by atoms with Crippen LogP contribution < -0.4 is 9.47 Å². The van der Waals surface area contributed by atoms with Gasteiger partial charge >= 0.3 is 0 Å². The van der Waals surface area contributed by atoms with Crippen LogP contribution in [0.4, 0.5) is 0 Å². The molecule has 224 valence electrons. The predicted molar refractivity (Wildman–Crippen MR) is 165 cm³/mol. The molecule has 2 aliphatic heterocycles. The Kier molecular flexibility index (Phi) is 12.7. The number of hydrogen-bond acceptors (Lipinski definition) is 6. The van der Waals surface area contributed by atoms with E-state index in [0.717, 1.165) is 76.2 Å². The molecule has 41 heavy (non-hydrogen) atoms. The maximum Gasteiger partial charge on any atom is 0.180 e. The van der Waals surface area contributed by atoms with Gasteiger partial charge in [0, 0.05) is 11.1 Å². The molecular weight excluding hydrogens is 512 g/mol. The maximum atomic E-state index is 14.2. The van der Waals surface area contributed by atoms with Crippen LogP contribution in [0.25, 0.3) is 0 Å². The first-order chi connectivity index (χ1) is 20.1. The molecule has 0 bridgehead atoms. The molecule has 2 aliphatic rings. The van der Waals surface area contributed by atoms with Gasteiger partial charge in [-0.3, -0.25) is 19.4 Å². The highest BCUT2D eigenvalue weighted by molar-refractivity contribution is 6.03. The Balaban J connectivity index is 1.62. The quantitative estimate of drug-likeness (QED) is 0.227. The molecule has 2 aromatic carbocycles. The van der Waals surface area contributed by atoms with Crippen molar-refractivity contribution in [3.63, 3.8) is 0 Å². The summed E-state index contributed by atoms with van der Waals surface area (Å²) in [5.41, 5.74) is 1.39. The van der Waals surface area contributed by atoms with E-state index in [-0.39, 0.29) is 23.7 Å². The Hall–Kier alpha value is -2.70. The van der Waals surface area contributed by atoms with E-state index in [1.807, 2.05) is 48.5 Å². The standard InChI is InChI=1S/C35H50N2O4/c1-3-25-40-30-17-13-28(14-18-30)34(38)32(36-21-9-5-6-10-22-36)27-33(37-23-11-7-8-12-24-37)35(39)29-15-19-31(20-16-29)41-26-4-2/h13-20,32-33H,3-12,21-27H2,1-2H3. The summed E-state index contributed by atoms with van der Waals surface area (Å²) in [7, 11) is 0. The van der Waals surface area contributed by atoms with Crippen molar-refractivity contribution >= 4 is 11.6 Å². The molecule has 0 saturated carbocycles. The van der Waals surface area contributed by atoms with Crippen molar-refractivity contribution in [1.82, 2.24) is 9.80 Å². The highest BCUT2D eigenvalue weighted by atomic mass is 16.5. The number of ketones is 2. The number of hydrogen-bond donors (Lipinski definition) is 0. The Morgan fingerprint density at radius 2 is 0.927 bits per heavy atom. The predicted octanol–water partition coefficient (Wildman–Crippen LogP) is 7.21. The lowest BCUT2D eigenvalue weighted by molar-refractivity contribution is 0.0656. The van der Waals surface area contributed by atoms with Crippen molar-refractivity contribution in [2.75, 3.05) is 39.4 Å². The Morgan fingerprint density at radius 1 is 0.585 bits per heavy atom. The molecule has 2 unspecified atom stereocenters. The molecule has 0 amide bonds. The molecule has 0 N–H and O–H groups in total. The fourth-order valence-electron chi connectivity index (χ4n) is 6.12. The highest BCUT2D eigenvalue weighted by Gasteiger charge is 2.36. The molecule has 2 saturated heterocycles. The average Bonchev–Trinajstić information content (AvgIpc) is 3.45. The third kappa shape index (κ3) is 9.14. The molecule has 2 atom stereocenters. The van der Waals surface area contributed by atoms with Gasteiger partial charge in [-0.1, -0.05) is 39.5 Å². The summed E-state index contributed by atoms with van der Waals surface area (Å²) in [6.07, 6.45) is 11.6. The van der Waals surface area contributed by atoms with Crippen molar-refractivity contribution in [3.8, 4) is 11.5 Å². The fourth-order valence-corrected chi connectivity index (χ4v) is 6.12. The normalized spacial score (nSPS) is 18.6. The number of likely N-dealkylation sites (tertiary alicyclic amines) is 2. The molecule has 2 heterocycles. The number of benzene rings is 2. The van der Waals surface area contributed by atoms with Crippen LogP contribution in [-0.4, -0.2) is 72.8 Å². The fraction of sp³-hybridized carbons (Fsp3) is 0.600. The van der Waals surface area contributed by atoms with Gasteiger partial charge in [-0.15, -0.1) is 0 Å². The Bertz CT molecular complexity index is 967. The van der Waals surface area contributed by atoms with Crippen molar-refractivity contribution in [3.05, 3.63) is 59.7 Å². The Labute approximate surface area is 247 Å². The largest absolute Gasteiger partial charge is 0.494 e. The lowest BCUT2D eigenvalue weighted by Crippen LogP contribution is -2.50. The summed E-state index contributed by atoms with van der Waals surface area (Å²) in [6, 6.07) is 14.5. The number of rotatable bonds is 14. The number of carbonyl (C=O) groups is 2. The van der Waals surface area contributed by atoms with Gasteiger partial charge in [0.05, 0.1) is 25.3 Å². The molecule has 0 aliphatic carbocycles. The van der Waals surface area contributed by atoms with Gasteiger partial charge in [-0.05, 0) is 120 Å². The molecule has 0 spiro atoms. The Morgan fingerprint density at radius 3 is 1.24 bits per heavy atom. The van der Waals surface area contributed by atoms with Crippen LogP contribution in [0.1, 0.15) is 105 Å². The number of nitrogens with zero attached hydrogens (tertiary/aromatic N) is 2. The minimum atomic E-state index is -0.333. The van der Waals surface area contributed by atoms with Gasteiger partial charge in [0.2, 0.25) is 0 Å². The molecular formula is C35H50N2O4. The number of Topliss-reactive ketones (excluding diaryl/α,β-unsaturated/α-hetero) is 2. The zero-order valence-electron chi connectivity index (χ0n) is 25.3. The topological polar surface area (TPSA) is 59.1 Å². The summed E-state index contributed by atoms with van der Waals surface area (Å²) in [4.78, 5) is 33.2. The van der Waals surface area contributed by atoms with Crippen LogP contribution in [0, 0.1) is 0 Å². The molecule has 6 nitrogen and oxygen atoms in total. The van der Waals surface area contributed by atoms with Crippen molar-refractivity contribution in [2.45, 2.75) is 96.6 Å². The minimum absolute atomic E-state index is 0.116. The molecule has 0 radical (unpaired) electrons. The third-order valence-corrected chi connectivity index (χ3v) is 8.44. The second-order valence-corrected chi connectivity index (χ2v) is 11.6. The minimum Gasteiger partial charge on any atom is -0.494 e. The van der Waals surface area contributed by atoms with Crippen LogP contribution >= 0.6 is 0 Å². The first-order valence-corrected chi connectivity index (χ1v) is 16.1. The van der Waals surface area contributed by atoms with E-state index in [0.29, 0.717) is 30.8 Å². The van der Waals surface area contributed by atoms with Crippen molar-refractivity contribution in [2.24, 2.45) is 0 Å². The van der Waals surface area contributed by atoms with E-state index < -0.39 is 0 Å². The molecule has 6 heteroatoms. The monoisotopic (exact) mass is 562 g/mol. The molecule has 4 rings (SSSR count). The lowest BCUT2D eigenvalue weighted by atomic mass is 9.91. The van der Waals surface area contributed by atoms with Crippen LogP contribution in [0.5, 0.6) is 11.5 Å². The first kappa shape index (κ1) is 31.2. The summed E-state index contributed by atoms with van der Waals surface area (Å²) in [5.74, 6) is 1.81. The van der Waals surface area contributed by atoms with E-state index in [1.165, 1.54) is 25.7 Å². The molecule has 0 aromatic heterocycles. The highest BCUT2D eigenvalue weighted by Crippen LogP contribution is 2.26. The molecule has 2 aromatic rings. The summed E-state index contributed by atoms with van der Waals surface area (Å²) in [6.45, 7) is 9.10. The van der Waals surface area contributed by atoms with Gasteiger partial charge in [0.25, 0.3) is 0 Å². The van der Waals surface area contributed by atoms with Crippen LogP contribution in [0.2, 0.25) is 0 Å². The van der Waals surface area contributed by atoms with E-state index in [4.69, 9.17) is 9.47 Å². The van der Waals surface area contributed by atoms with Crippen molar-refractivity contribution < 1.29 is 19.1 Å². The summed E-state index contributed by atoms with van der Waals surface area (Å²) < 4.78 is 11.5. The number of carbonyl (C=O) groups excluding carboxylic acids is 2. The smallest absolute Gasteiger partial charge is 0.180 e. The van der Waals surface area contributed by atoms with E-state index >= 15 is 0 Å². The van der Waals surface area contributed by atoms with Crippen LogP contribution in [0.15, 0.2) is 48.5 Å². The van der Waals surface area contributed by atoms with E-state index in [9.17, 15) is 9.59 Å². The second kappa shape index (κ2) is 16.7. The zero-order valence-corrected chi connectivity index (χ0v) is 25.3. The van der Waals surface area contributed by atoms with Crippen molar-refractivity contribution in [1.29, 1.82) is 0 Å². The second-order valence-electron chi connectivity index (χ2n) is 11.6. The van der Waals surface area contributed by atoms with Gasteiger partial charge in [-0.25, -0.2) is 0 Å². The average molecular weight is 563 g/mol. The van der Waals surface area contributed by atoms with E-state index in [2.05, 4.69) is 23.6 Å². The number of ether oxygens (including phenoxy) is 2.